The van der Waals surface area contributed by atoms with Crippen LogP contribution < -0.4 is 0 Å². The average molecular weight is 283 g/mol. The summed E-state index contributed by atoms with van der Waals surface area (Å²) in [6.07, 6.45) is 4.11. The molecule has 5 heteroatoms. The zero-order valence-electron chi connectivity index (χ0n) is 13.2. The normalized spacial score (nSPS) is 13.2. The van der Waals surface area contributed by atoms with Crippen LogP contribution in [0.2, 0.25) is 0 Å². The zero-order valence-corrected chi connectivity index (χ0v) is 13.2. The zero-order chi connectivity index (χ0) is 15.9. The molecule has 114 valence electrons. The van der Waals surface area contributed by atoms with Crippen LogP contribution in [0.5, 0.6) is 0 Å². The molecule has 1 unspecified atom stereocenters. The largest absolute Gasteiger partial charge is 0.478 e. The highest BCUT2D eigenvalue weighted by Crippen LogP contribution is 2.13. The topological polar surface area (TPSA) is 57.6 Å². The van der Waals surface area contributed by atoms with E-state index in [1.807, 2.05) is 0 Å². The fraction of sp³-hybridized carbons (Fsp3) is 0.600. The van der Waals surface area contributed by atoms with Gasteiger partial charge in [0.25, 0.3) is 5.91 Å². The summed E-state index contributed by atoms with van der Waals surface area (Å²) >= 11 is 0. The lowest BCUT2D eigenvalue weighted by molar-refractivity contribution is -0.896. The number of amides is 1. The van der Waals surface area contributed by atoms with E-state index < -0.39 is 5.97 Å². The molecule has 0 aliphatic heterocycles. The molecule has 0 aromatic heterocycles. The molecule has 0 aromatic carbocycles. The van der Waals surface area contributed by atoms with E-state index in [1.54, 1.807) is 6.92 Å². The molecule has 1 atom stereocenters. The molecule has 5 nitrogen and oxygen atoms in total. The van der Waals surface area contributed by atoms with E-state index >= 15 is 0 Å². The molecule has 0 bridgehead atoms. The molecule has 20 heavy (non-hydrogen) atoms. The van der Waals surface area contributed by atoms with E-state index in [0.29, 0.717) is 18.2 Å². The number of quaternary nitrogens is 1. The summed E-state index contributed by atoms with van der Waals surface area (Å²) in [7, 11) is 6.35. The number of rotatable bonds is 8. The second-order valence-corrected chi connectivity index (χ2v) is 5.90. The van der Waals surface area contributed by atoms with E-state index in [0.717, 1.165) is 23.4 Å². The van der Waals surface area contributed by atoms with Crippen LogP contribution in [0.25, 0.3) is 0 Å². The summed E-state index contributed by atoms with van der Waals surface area (Å²) in [5.74, 6) is -1.30. The number of hydrogen-bond donors (Lipinski definition) is 1. The first kappa shape index (κ1) is 18.4. The van der Waals surface area contributed by atoms with Crippen LogP contribution in [0.15, 0.2) is 24.4 Å². The molecule has 0 radical (unpaired) electrons. The lowest BCUT2D eigenvalue weighted by Crippen LogP contribution is -2.46. The number of carboxylic acid groups (broad SMARTS) is 1. The monoisotopic (exact) mass is 283 g/mol. The minimum atomic E-state index is -1.07. The predicted octanol–water partition coefficient (Wildman–Crippen LogP) is 1.86. The van der Waals surface area contributed by atoms with Crippen molar-refractivity contribution in [2.75, 3.05) is 27.7 Å². The van der Waals surface area contributed by atoms with Gasteiger partial charge in [0.15, 0.2) is 0 Å². The van der Waals surface area contributed by atoms with E-state index in [1.165, 1.54) is 11.1 Å². The Labute approximate surface area is 121 Å². The van der Waals surface area contributed by atoms with Crippen LogP contribution in [0.1, 0.15) is 26.7 Å². The second-order valence-electron chi connectivity index (χ2n) is 5.90. The molecule has 0 aliphatic carbocycles. The molecular formula is C15H27N2O3+. The van der Waals surface area contributed by atoms with Gasteiger partial charge in [-0.25, -0.2) is 4.79 Å². The highest BCUT2D eigenvalue weighted by Gasteiger charge is 2.23. The fourth-order valence-electron chi connectivity index (χ4n) is 2.07. The Morgan fingerprint density at radius 3 is 2.25 bits per heavy atom. The number of carbonyl (C=O) groups excluding carboxylic acids is 1. The molecule has 0 aliphatic rings. The highest BCUT2D eigenvalue weighted by atomic mass is 16.4. The first-order valence-corrected chi connectivity index (χ1v) is 6.78. The lowest BCUT2D eigenvalue weighted by atomic mass is 10.1. The van der Waals surface area contributed by atoms with Crippen molar-refractivity contribution >= 4 is 11.9 Å². The minimum absolute atomic E-state index is 0.237. The second kappa shape index (κ2) is 7.85. The minimum Gasteiger partial charge on any atom is -0.478 e. The van der Waals surface area contributed by atoms with Crippen molar-refractivity contribution in [3.8, 4) is 0 Å². The van der Waals surface area contributed by atoms with Gasteiger partial charge in [0, 0.05) is 30.8 Å². The smallest absolute Gasteiger partial charge is 0.329 e. The quantitative estimate of drug-likeness (QED) is 0.546. The Balaban J connectivity index is 4.86. The van der Waals surface area contributed by atoms with Gasteiger partial charge in [0.05, 0.1) is 27.2 Å². The van der Waals surface area contributed by atoms with Crippen LogP contribution in [-0.2, 0) is 9.59 Å². The van der Waals surface area contributed by atoms with E-state index in [2.05, 4.69) is 34.6 Å². The molecule has 0 saturated carbocycles. The Bertz CT molecular complexity index is 394. The van der Waals surface area contributed by atoms with Gasteiger partial charge in [-0.2, -0.15) is 0 Å². The van der Waals surface area contributed by atoms with Crippen molar-refractivity contribution in [3.63, 3.8) is 0 Å². The van der Waals surface area contributed by atoms with Gasteiger partial charge in [-0.3, -0.25) is 4.79 Å². The number of carbonyl (C=O) groups is 2. The summed E-state index contributed by atoms with van der Waals surface area (Å²) < 4.78 is 0.814. The van der Waals surface area contributed by atoms with Gasteiger partial charge in [-0.05, 0) is 13.3 Å². The van der Waals surface area contributed by atoms with Gasteiger partial charge in [-0.15, -0.1) is 0 Å². The third-order valence-electron chi connectivity index (χ3n) is 3.29. The Kier molecular flexibility index (Phi) is 7.21. The molecule has 0 fully saturated rings. The summed E-state index contributed by atoms with van der Waals surface area (Å²) in [6.45, 7) is 7.86. The third-order valence-corrected chi connectivity index (χ3v) is 3.29. The maximum absolute atomic E-state index is 12.0. The van der Waals surface area contributed by atoms with Gasteiger partial charge in [0.1, 0.15) is 0 Å². The summed E-state index contributed by atoms with van der Waals surface area (Å²) in [5, 5.41) is 8.69. The van der Waals surface area contributed by atoms with Crippen LogP contribution >= 0.6 is 0 Å². The fourth-order valence-corrected chi connectivity index (χ4v) is 2.07. The maximum atomic E-state index is 12.0. The van der Waals surface area contributed by atoms with Crippen molar-refractivity contribution in [2.24, 2.45) is 0 Å². The Morgan fingerprint density at radius 2 is 1.90 bits per heavy atom. The highest BCUT2D eigenvalue weighted by molar-refractivity contribution is 5.93. The van der Waals surface area contributed by atoms with Crippen molar-refractivity contribution in [3.05, 3.63) is 24.4 Å². The molecule has 0 saturated heterocycles. The van der Waals surface area contributed by atoms with Crippen molar-refractivity contribution in [1.29, 1.82) is 0 Å². The van der Waals surface area contributed by atoms with E-state index in [9.17, 15) is 9.59 Å². The Hall–Kier alpha value is -1.62. The van der Waals surface area contributed by atoms with E-state index in [4.69, 9.17) is 5.11 Å². The Morgan fingerprint density at radius 1 is 1.35 bits per heavy atom. The van der Waals surface area contributed by atoms with Gasteiger partial charge in [-0.1, -0.05) is 13.5 Å². The third kappa shape index (κ3) is 6.52. The molecule has 1 N–H and O–H groups in total. The number of nitrogens with zero attached hydrogens (tertiary/aromatic N) is 2. The lowest BCUT2D eigenvalue weighted by Gasteiger charge is -2.34. The van der Waals surface area contributed by atoms with Gasteiger partial charge >= 0.3 is 5.97 Å². The van der Waals surface area contributed by atoms with Gasteiger partial charge in [0.2, 0.25) is 0 Å². The summed E-state index contributed by atoms with van der Waals surface area (Å²) in [6, 6.07) is 0.411. The first-order valence-electron chi connectivity index (χ1n) is 6.78. The number of aliphatic carboxylic acids is 1. The van der Waals surface area contributed by atoms with Crippen molar-refractivity contribution in [1.82, 2.24) is 4.90 Å². The molecule has 0 spiro atoms. The SMILES string of the molecule is C=C(C)C(=O)N(C=CC(=O)O)CCC(CC)[N+](C)(C)C. The number of hydrogen-bond acceptors (Lipinski definition) is 2. The molecule has 0 rings (SSSR count). The van der Waals surface area contributed by atoms with Crippen LogP contribution in [-0.4, -0.2) is 60.1 Å². The van der Waals surface area contributed by atoms with E-state index in [-0.39, 0.29) is 5.91 Å². The van der Waals surface area contributed by atoms with Crippen LogP contribution in [0.4, 0.5) is 0 Å². The van der Waals surface area contributed by atoms with Crippen molar-refractivity contribution < 1.29 is 19.2 Å². The average Bonchev–Trinajstić information content (AvgIpc) is 2.30. The molecule has 0 heterocycles. The maximum Gasteiger partial charge on any atom is 0.329 e. The van der Waals surface area contributed by atoms with Crippen LogP contribution in [0, 0.1) is 0 Å². The molecule has 0 aromatic rings. The number of carboxylic acids is 1. The van der Waals surface area contributed by atoms with Gasteiger partial charge < -0.3 is 14.5 Å². The summed E-state index contributed by atoms with van der Waals surface area (Å²) in [5.41, 5.74) is 0.401. The summed E-state index contributed by atoms with van der Waals surface area (Å²) in [4.78, 5) is 24.0. The first-order chi connectivity index (χ1) is 9.09. The van der Waals surface area contributed by atoms with Crippen molar-refractivity contribution in [2.45, 2.75) is 32.7 Å². The standard InChI is InChI=1S/C15H26N2O3/c1-7-13(17(4,5)6)8-10-16(11-9-14(18)19)15(20)12(2)3/h9,11,13H,2,7-8,10H2,1,3-6H3/p+1. The predicted molar refractivity (Wildman–Crippen MR) is 80.0 cm³/mol. The van der Waals surface area contributed by atoms with Crippen LogP contribution in [0.3, 0.4) is 0 Å². The molecular weight excluding hydrogens is 256 g/mol. The molecule has 1 amide bonds.